The van der Waals surface area contributed by atoms with Crippen LogP contribution in [0.25, 0.3) is 0 Å². The lowest BCUT2D eigenvalue weighted by Crippen LogP contribution is -2.30. The Morgan fingerprint density at radius 3 is 2.96 bits per heavy atom. The van der Waals surface area contributed by atoms with E-state index in [0.29, 0.717) is 31.6 Å². The van der Waals surface area contributed by atoms with Crippen LogP contribution in [0.2, 0.25) is 0 Å². The van der Waals surface area contributed by atoms with Gasteiger partial charge < -0.3 is 16.0 Å². The Hall–Kier alpha value is -2.25. The van der Waals surface area contributed by atoms with E-state index in [0.717, 1.165) is 23.7 Å². The summed E-state index contributed by atoms with van der Waals surface area (Å²) in [6, 6.07) is 8.00. The van der Waals surface area contributed by atoms with Crippen molar-refractivity contribution < 1.29 is 9.59 Å². The van der Waals surface area contributed by atoms with E-state index in [-0.39, 0.29) is 11.8 Å². The number of hydrogen-bond donors (Lipinski definition) is 2. The van der Waals surface area contributed by atoms with Crippen LogP contribution in [0.4, 0.5) is 5.69 Å². The van der Waals surface area contributed by atoms with Gasteiger partial charge in [-0.1, -0.05) is 18.2 Å². The second-order valence-corrected chi connectivity index (χ2v) is 6.56. The van der Waals surface area contributed by atoms with Crippen LogP contribution < -0.4 is 16.0 Å². The SMILES string of the molecule is NCc1nc(C(=O)NCCCC(=O)N2CCc3ccccc32)cs1. The molecule has 2 heterocycles. The van der Waals surface area contributed by atoms with Crippen LogP contribution in [0.1, 0.15) is 33.9 Å². The number of nitrogens with one attached hydrogen (secondary N) is 1. The van der Waals surface area contributed by atoms with Crippen LogP contribution in [0.15, 0.2) is 29.6 Å². The molecule has 0 saturated heterocycles. The number of carbonyl (C=O) groups is 2. The van der Waals surface area contributed by atoms with Crippen molar-refractivity contribution in [2.75, 3.05) is 18.0 Å². The summed E-state index contributed by atoms with van der Waals surface area (Å²) in [5.74, 6) is -0.113. The van der Waals surface area contributed by atoms with E-state index in [4.69, 9.17) is 5.73 Å². The minimum atomic E-state index is -0.218. The fourth-order valence-corrected chi connectivity index (χ4v) is 3.43. The van der Waals surface area contributed by atoms with Crippen molar-refractivity contribution in [1.29, 1.82) is 0 Å². The van der Waals surface area contributed by atoms with E-state index >= 15 is 0 Å². The first kappa shape index (κ1) is 16.6. The van der Waals surface area contributed by atoms with Crippen LogP contribution in [0, 0.1) is 0 Å². The van der Waals surface area contributed by atoms with Gasteiger partial charge in [-0.3, -0.25) is 9.59 Å². The van der Waals surface area contributed by atoms with Gasteiger partial charge in [0.25, 0.3) is 5.91 Å². The predicted molar refractivity (Wildman–Crippen MR) is 94.1 cm³/mol. The molecular weight excluding hydrogens is 324 g/mol. The van der Waals surface area contributed by atoms with Crippen LogP contribution >= 0.6 is 11.3 Å². The van der Waals surface area contributed by atoms with E-state index in [9.17, 15) is 9.59 Å². The molecule has 0 unspecified atom stereocenters. The Kier molecular flexibility index (Phi) is 5.22. The lowest BCUT2D eigenvalue weighted by molar-refractivity contribution is -0.118. The van der Waals surface area contributed by atoms with Gasteiger partial charge in [0.05, 0.1) is 0 Å². The first-order valence-electron chi connectivity index (χ1n) is 8.00. The van der Waals surface area contributed by atoms with Gasteiger partial charge in [-0.25, -0.2) is 4.98 Å². The zero-order valence-corrected chi connectivity index (χ0v) is 14.1. The Labute approximate surface area is 144 Å². The van der Waals surface area contributed by atoms with Crippen molar-refractivity contribution in [3.8, 4) is 0 Å². The zero-order valence-electron chi connectivity index (χ0n) is 13.3. The predicted octanol–water partition coefficient (Wildman–Crippen LogP) is 1.70. The largest absolute Gasteiger partial charge is 0.351 e. The fraction of sp³-hybridized carbons (Fsp3) is 0.353. The second kappa shape index (κ2) is 7.55. The topological polar surface area (TPSA) is 88.3 Å². The molecule has 3 N–H and O–H groups in total. The molecule has 2 amide bonds. The van der Waals surface area contributed by atoms with Crippen LogP contribution in [-0.2, 0) is 17.8 Å². The highest BCUT2D eigenvalue weighted by Crippen LogP contribution is 2.27. The summed E-state index contributed by atoms with van der Waals surface area (Å²) in [5.41, 5.74) is 8.11. The highest BCUT2D eigenvalue weighted by Gasteiger charge is 2.23. The van der Waals surface area contributed by atoms with Crippen molar-refractivity contribution in [3.63, 3.8) is 0 Å². The molecule has 0 aliphatic carbocycles. The number of carbonyl (C=O) groups excluding carboxylic acids is 2. The second-order valence-electron chi connectivity index (χ2n) is 5.61. The first-order chi connectivity index (χ1) is 11.7. The number of benzene rings is 1. The molecule has 126 valence electrons. The number of anilines is 1. The molecule has 3 rings (SSSR count). The molecule has 0 spiro atoms. The average Bonchev–Trinajstić information content (AvgIpc) is 3.25. The maximum Gasteiger partial charge on any atom is 0.270 e. The summed E-state index contributed by atoms with van der Waals surface area (Å²) >= 11 is 1.37. The van der Waals surface area contributed by atoms with Gasteiger partial charge in [-0.05, 0) is 24.5 Å². The number of para-hydroxylation sites is 1. The molecule has 1 aliphatic heterocycles. The van der Waals surface area contributed by atoms with Crippen LogP contribution in [0.3, 0.4) is 0 Å². The van der Waals surface area contributed by atoms with Gasteiger partial charge in [0.15, 0.2) is 0 Å². The summed E-state index contributed by atoms with van der Waals surface area (Å²) in [6.07, 6.45) is 1.93. The molecule has 2 aromatic rings. The molecule has 6 nitrogen and oxygen atoms in total. The van der Waals surface area contributed by atoms with Gasteiger partial charge in [-0.15, -0.1) is 11.3 Å². The van der Waals surface area contributed by atoms with Crippen molar-refractivity contribution in [3.05, 3.63) is 45.9 Å². The highest BCUT2D eigenvalue weighted by atomic mass is 32.1. The van der Waals surface area contributed by atoms with Crippen molar-refractivity contribution >= 4 is 28.8 Å². The van der Waals surface area contributed by atoms with Gasteiger partial charge in [0.2, 0.25) is 5.91 Å². The number of rotatable bonds is 6. The van der Waals surface area contributed by atoms with E-state index in [1.165, 1.54) is 16.9 Å². The highest BCUT2D eigenvalue weighted by molar-refractivity contribution is 7.09. The average molecular weight is 344 g/mol. The molecule has 0 bridgehead atoms. The number of fused-ring (bicyclic) bond motifs is 1. The zero-order chi connectivity index (χ0) is 16.9. The van der Waals surface area contributed by atoms with E-state index in [1.807, 2.05) is 23.1 Å². The number of hydrogen-bond acceptors (Lipinski definition) is 5. The summed E-state index contributed by atoms with van der Waals surface area (Å²) in [6.45, 7) is 1.53. The van der Waals surface area contributed by atoms with Crippen molar-refractivity contribution in [2.24, 2.45) is 5.73 Å². The minimum Gasteiger partial charge on any atom is -0.351 e. The summed E-state index contributed by atoms with van der Waals surface area (Å²) in [5, 5.41) is 5.23. The Morgan fingerprint density at radius 1 is 1.33 bits per heavy atom. The van der Waals surface area contributed by atoms with Crippen LogP contribution in [-0.4, -0.2) is 29.9 Å². The molecular formula is C17H20N4O2S. The van der Waals surface area contributed by atoms with Gasteiger partial charge in [-0.2, -0.15) is 0 Å². The first-order valence-corrected chi connectivity index (χ1v) is 8.88. The van der Waals surface area contributed by atoms with Crippen molar-refractivity contribution in [1.82, 2.24) is 10.3 Å². The number of aromatic nitrogens is 1. The molecule has 0 fully saturated rings. The fourth-order valence-electron chi connectivity index (χ4n) is 2.77. The molecule has 7 heteroatoms. The van der Waals surface area contributed by atoms with Gasteiger partial charge in [0.1, 0.15) is 10.7 Å². The van der Waals surface area contributed by atoms with E-state index in [2.05, 4.69) is 16.4 Å². The van der Waals surface area contributed by atoms with E-state index < -0.39 is 0 Å². The maximum absolute atomic E-state index is 12.4. The molecule has 24 heavy (non-hydrogen) atoms. The molecule has 1 aliphatic rings. The monoisotopic (exact) mass is 344 g/mol. The third-order valence-electron chi connectivity index (χ3n) is 4.00. The summed E-state index contributed by atoms with van der Waals surface area (Å²) in [4.78, 5) is 30.3. The Morgan fingerprint density at radius 2 is 2.17 bits per heavy atom. The third kappa shape index (κ3) is 3.63. The van der Waals surface area contributed by atoms with E-state index in [1.54, 1.807) is 5.38 Å². The molecule has 0 radical (unpaired) electrons. The standard InChI is InChI=1S/C17H20N4O2S/c18-10-15-20-13(11-24-15)17(23)19-8-3-6-16(22)21-9-7-12-4-1-2-5-14(12)21/h1-2,4-5,11H,3,6-10,18H2,(H,19,23). The van der Waals surface area contributed by atoms with Gasteiger partial charge >= 0.3 is 0 Å². The summed E-state index contributed by atoms with van der Waals surface area (Å²) in [7, 11) is 0. The van der Waals surface area contributed by atoms with Crippen molar-refractivity contribution in [2.45, 2.75) is 25.8 Å². The molecule has 0 saturated carbocycles. The van der Waals surface area contributed by atoms with Crippen LogP contribution in [0.5, 0.6) is 0 Å². The number of amides is 2. The Balaban J connectivity index is 1.44. The minimum absolute atomic E-state index is 0.105. The third-order valence-corrected chi connectivity index (χ3v) is 4.87. The lowest BCUT2D eigenvalue weighted by Gasteiger charge is -2.17. The Bertz CT molecular complexity index is 744. The number of thiazole rings is 1. The normalized spacial score (nSPS) is 13.0. The van der Waals surface area contributed by atoms with Gasteiger partial charge in [0, 0.05) is 37.1 Å². The maximum atomic E-state index is 12.4. The molecule has 1 aromatic carbocycles. The molecule has 1 aromatic heterocycles. The number of nitrogens with zero attached hydrogens (tertiary/aromatic N) is 2. The quantitative estimate of drug-likeness (QED) is 0.781. The smallest absolute Gasteiger partial charge is 0.270 e. The number of nitrogens with two attached hydrogens (primary N) is 1. The lowest BCUT2D eigenvalue weighted by atomic mass is 10.2. The summed E-state index contributed by atoms with van der Waals surface area (Å²) < 4.78 is 0. The molecule has 0 atom stereocenters.